The molecule has 0 aliphatic rings. The minimum atomic E-state index is -0.445. The molecule has 1 amide bonds. The molecule has 1 heterocycles. The quantitative estimate of drug-likeness (QED) is 0.498. The van der Waals surface area contributed by atoms with Crippen molar-refractivity contribution in [3.63, 3.8) is 0 Å². The van der Waals surface area contributed by atoms with E-state index < -0.39 is 5.97 Å². The van der Waals surface area contributed by atoms with Gasteiger partial charge in [0.25, 0.3) is 5.91 Å². The molecule has 138 valence electrons. The minimum Gasteiger partial charge on any atom is -0.462 e. The number of carbonyl (C=O) groups excluding carboxylic acids is 2. The lowest BCUT2D eigenvalue weighted by Crippen LogP contribution is -2.14. The number of anilines is 1. The summed E-state index contributed by atoms with van der Waals surface area (Å²) in [5.74, 6) is -0.724. The largest absolute Gasteiger partial charge is 0.462 e. The number of halogens is 1. The van der Waals surface area contributed by atoms with E-state index in [9.17, 15) is 9.59 Å². The van der Waals surface area contributed by atoms with Gasteiger partial charge in [0.15, 0.2) is 0 Å². The van der Waals surface area contributed by atoms with Gasteiger partial charge in [-0.1, -0.05) is 51.8 Å². The molecule has 1 N–H and O–H groups in total. The molecule has 0 aliphatic heterocycles. The van der Waals surface area contributed by atoms with Gasteiger partial charge in [0, 0.05) is 21.0 Å². The van der Waals surface area contributed by atoms with Gasteiger partial charge in [0.2, 0.25) is 0 Å². The van der Waals surface area contributed by atoms with E-state index in [0.29, 0.717) is 16.1 Å². The van der Waals surface area contributed by atoms with Crippen molar-refractivity contribution in [1.29, 1.82) is 0 Å². The van der Waals surface area contributed by atoms with Gasteiger partial charge in [-0.15, -0.1) is 11.3 Å². The molecule has 0 fully saturated rings. The van der Waals surface area contributed by atoms with Gasteiger partial charge in [0.05, 0.1) is 6.61 Å². The Hall–Kier alpha value is -2.44. The molecule has 0 saturated carbocycles. The Morgan fingerprint density at radius 1 is 1.15 bits per heavy atom. The van der Waals surface area contributed by atoms with Crippen LogP contribution in [0.25, 0.3) is 11.1 Å². The van der Waals surface area contributed by atoms with Gasteiger partial charge in [-0.3, -0.25) is 4.79 Å². The summed E-state index contributed by atoms with van der Waals surface area (Å²) in [4.78, 5) is 25.2. The van der Waals surface area contributed by atoms with Gasteiger partial charge in [-0.05, 0) is 37.6 Å². The van der Waals surface area contributed by atoms with E-state index in [1.807, 2.05) is 42.6 Å². The number of hydrogen-bond acceptors (Lipinski definition) is 4. The molecule has 4 nitrogen and oxygen atoms in total. The van der Waals surface area contributed by atoms with Crippen LogP contribution < -0.4 is 5.32 Å². The maximum absolute atomic E-state index is 12.6. The standard InChI is InChI=1S/C21H18BrNO3S/c1-3-26-21(25)18-17(14-9-7-13(2)8-10-14)12-27-20(18)23-19(24)15-5-4-6-16(22)11-15/h4-12H,3H2,1-2H3,(H,23,24). The highest BCUT2D eigenvalue weighted by atomic mass is 79.9. The maximum Gasteiger partial charge on any atom is 0.341 e. The topological polar surface area (TPSA) is 55.4 Å². The number of ether oxygens (including phenoxy) is 1. The molecule has 0 radical (unpaired) electrons. The summed E-state index contributed by atoms with van der Waals surface area (Å²) < 4.78 is 6.04. The zero-order valence-electron chi connectivity index (χ0n) is 14.9. The molecule has 3 aromatic rings. The molecule has 0 unspecified atom stereocenters. The number of amides is 1. The molecule has 1 aromatic heterocycles. The summed E-state index contributed by atoms with van der Waals surface area (Å²) in [6.07, 6.45) is 0. The fourth-order valence-electron chi connectivity index (χ4n) is 2.61. The average Bonchev–Trinajstić information content (AvgIpc) is 3.06. The number of esters is 1. The first-order chi connectivity index (χ1) is 13.0. The van der Waals surface area contributed by atoms with Crippen LogP contribution in [-0.2, 0) is 4.74 Å². The average molecular weight is 444 g/mol. The van der Waals surface area contributed by atoms with E-state index in [4.69, 9.17) is 4.74 Å². The molecule has 2 aromatic carbocycles. The van der Waals surface area contributed by atoms with E-state index in [1.165, 1.54) is 11.3 Å². The van der Waals surface area contributed by atoms with Gasteiger partial charge in [0.1, 0.15) is 10.6 Å². The van der Waals surface area contributed by atoms with Crippen LogP contribution in [0, 0.1) is 6.92 Å². The molecule has 0 atom stereocenters. The summed E-state index contributed by atoms with van der Waals surface area (Å²) in [5.41, 5.74) is 3.68. The molecule has 27 heavy (non-hydrogen) atoms. The van der Waals surface area contributed by atoms with Crippen molar-refractivity contribution < 1.29 is 14.3 Å². The second kappa shape index (κ2) is 8.50. The second-order valence-corrected chi connectivity index (χ2v) is 7.70. The van der Waals surface area contributed by atoms with Crippen LogP contribution in [0.1, 0.15) is 33.2 Å². The number of aryl methyl sites for hydroxylation is 1. The van der Waals surface area contributed by atoms with Crippen LogP contribution in [0.3, 0.4) is 0 Å². The van der Waals surface area contributed by atoms with Crippen LogP contribution in [0.15, 0.2) is 58.4 Å². The molecular weight excluding hydrogens is 426 g/mol. The fraction of sp³-hybridized carbons (Fsp3) is 0.143. The summed E-state index contributed by atoms with van der Waals surface area (Å²) in [6.45, 7) is 4.03. The lowest BCUT2D eigenvalue weighted by atomic mass is 10.0. The predicted molar refractivity (Wildman–Crippen MR) is 113 cm³/mol. The zero-order chi connectivity index (χ0) is 19.4. The monoisotopic (exact) mass is 443 g/mol. The molecule has 3 rings (SSSR count). The van der Waals surface area contributed by atoms with Gasteiger partial charge in [-0.2, -0.15) is 0 Å². The molecule has 6 heteroatoms. The number of thiophene rings is 1. The first-order valence-electron chi connectivity index (χ1n) is 8.42. The number of nitrogens with one attached hydrogen (secondary N) is 1. The van der Waals surface area contributed by atoms with Crippen molar-refractivity contribution >= 4 is 44.1 Å². The van der Waals surface area contributed by atoms with Crippen molar-refractivity contribution in [1.82, 2.24) is 0 Å². The highest BCUT2D eigenvalue weighted by Gasteiger charge is 2.23. The summed E-state index contributed by atoms with van der Waals surface area (Å²) >= 11 is 4.68. The van der Waals surface area contributed by atoms with Gasteiger partial charge in [-0.25, -0.2) is 4.79 Å². The maximum atomic E-state index is 12.6. The van der Waals surface area contributed by atoms with E-state index in [1.54, 1.807) is 25.1 Å². The Balaban J connectivity index is 1.98. The minimum absolute atomic E-state index is 0.265. The van der Waals surface area contributed by atoms with Crippen LogP contribution in [-0.4, -0.2) is 18.5 Å². The lowest BCUT2D eigenvalue weighted by molar-refractivity contribution is 0.0529. The fourth-order valence-corrected chi connectivity index (χ4v) is 3.96. The third-order valence-corrected chi connectivity index (χ3v) is 5.34. The SMILES string of the molecule is CCOC(=O)c1c(-c2ccc(C)cc2)csc1NC(=O)c1cccc(Br)c1. The van der Waals surface area contributed by atoms with Crippen LogP contribution in [0.4, 0.5) is 5.00 Å². The Labute approximate surface area is 170 Å². The van der Waals surface area contributed by atoms with Crippen molar-refractivity contribution in [2.75, 3.05) is 11.9 Å². The molecule has 0 aliphatic carbocycles. The summed E-state index contributed by atoms with van der Waals surface area (Å²) in [7, 11) is 0. The Morgan fingerprint density at radius 2 is 1.89 bits per heavy atom. The van der Waals surface area contributed by atoms with Crippen molar-refractivity contribution in [3.8, 4) is 11.1 Å². The highest BCUT2D eigenvalue weighted by molar-refractivity contribution is 9.10. The third kappa shape index (κ3) is 4.46. The third-order valence-electron chi connectivity index (χ3n) is 3.95. The number of hydrogen-bond donors (Lipinski definition) is 1. The number of benzene rings is 2. The zero-order valence-corrected chi connectivity index (χ0v) is 17.3. The van der Waals surface area contributed by atoms with E-state index in [-0.39, 0.29) is 12.5 Å². The Morgan fingerprint density at radius 3 is 2.56 bits per heavy atom. The van der Waals surface area contributed by atoms with Crippen LogP contribution in [0.5, 0.6) is 0 Å². The van der Waals surface area contributed by atoms with Crippen LogP contribution >= 0.6 is 27.3 Å². The van der Waals surface area contributed by atoms with E-state index in [0.717, 1.165) is 21.2 Å². The second-order valence-electron chi connectivity index (χ2n) is 5.90. The highest BCUT2D eigenvalue weighted by Crippen LogP contribution is 2.36. The van der Waals surface area contributed by atoms with Gasteiger partial charge < -0.3 is 10.1 Å². The predicted octanol–water partition coefficient (Wildman–Crippen LogP) is 5.92. The summed E-state index contributed by atoms with van der Waals surface area (Å²) in [5, 5.41) is 5.20. The Bertz CT molecular complexity index is 979. The van der Waals surface area contributed by atoms with Crippen molar-refractivity contribution in [3.05, 3.63) is 75.1 Å². The molecule has 0 spiro atoms. The summed E-state index contributed by atoms with van der Waals surface area (Å²) in [6, 6.07) is 15.0. The van der Waals surface area contributed by atoms with Crippen molar-refractivity contribution in [2.45, 2.75) is 13.8 Å². The number of rotatable bonds is 5. The normalized spacial score (nSPS) is 10.5. The smallest absolute Gasteiger partial charge is 0.341 e. The first kappa shape index (κ1) is 19.3. The molecule has 0 bridgehead atoms. The first-order valence-corrected chi connectivity index (χ1v) is 10.1. The lowest BCUT2D eigenvalue weighted by Gasteiger charge is -2.09. The Kier molecular flexibility index (Phi) is 6.08. The molecular formula is C21H18BrNO3S. The van der Waals surface area contributed by atoms with Gasteiger partial charge >= 0.3 is 5.97 Å². The van der Waals surface area contributed by atoms with E-state index >= 15 is 0 Å². The van der Waals surface area contributed by atoms with E-state index in [2.05, 4.69) is 21.2 Å². The van der Waals surface area contributed by atoms with Crippen molar-refractivity contribution in [2.24, 2.45) is 0 Å². The van der Waals surface area contributed by atoms with Crippen LogP contribution in [0.2, 0.25) is 0 Å². The number of carbonyl (C=O) groups is 2. The molecule has 0 saturated heterocycles.